The van der Waals surface area contributed by atoms with Gasteiger partial charge in [-0.2, -0.15) is 0 Å². The zero-order valence-electron chi connectivity index (χ0n) is 13.5. The highest BCUT2D eigenvalue weighted by atomic mass is 35.5. The Bertz CT molecular complexity index is 802. The summed E-state index contributed by atoms with van der Waals surface area (Å²) in [5.74, 6) is -1.15. The standard InChI is InChI=1S/C18H16ClNO5/c1-2-3-12-4-6-13(7-5-12)17(21)11-25-18(22)15-9-8-14(20(23)24)10-16(15)19/h4-10H,2-3,11H2,1H3. The van der Waals surface area contributed by atoms with Crippen LogP contribution in [0.2, 0.25) is 5.02 Å². The fourth-order valence-corrected chi connectivity index (χ4v) is 2.47. The van der Waals surface area contributed by atoms with Crippen LogP contribution < -0.4 is 0 Å². The van der Waals surface area contributed by atoms with Crippen molar-refractivity contribution in [1.82, 2.24) is 0 Å². The summed E-state index contributed by atoms with van der Waals surface area (Å²) in [6.45, 7) is 1.64. The van der Waals surface area contributed by atoms with Crippen LogP contribution in [-0.2, 0) is 11.2 Å². The van der Waals surface area contributed by atoms with Gasteiger partial charge < -0.3 is 4.74 Å². The number of carbonyl (C=O) groups is 2. The lowest BCUT2D eigenvalue weighted by atomic mass is 10.1. The van der Waals surface area contributed by atoms with Gasteiger partial charge in [0.2, 0.25) is 0 Å². The van der Waals surface area contributed by atoms with Crippen LogP contribution in [0, 0.1) is 10.1 Å². The Labute approximate surface area is 149 Å². The normalized spacial score (nSPS) is 10.3. The Morgan fingerprint density at radius 2 is 1.84 bits per heavy atom. The van der Waals surface area contributed by atoms with E-state index >= 15 is 0 Å². The summed E-state index contributed by atoms with van der Waals surface area (Å²) in [6.07, 6.45) is 1.95. The molecule has 0 aliphatic carbocycles. The number of rotatable bonds is 7. The quantitative estimate of drug-likeness (QED) is 0.318. The van der Waals surface area contributed by atoms with Gasteiger partial charge in [-0.3, -0.25) is 14.9 Å². The summed E-state index contributed by atoms with van der Waals surface area (Å²) in [7, 11) is 0. The van der Waals surface area contributed by atoms with E-state index in [4.69, 9.17) is 16.3 Å². The minimum atomic E-state index is -0.809. The zero-order valence-corrected chi connectivity index (χ0v) is 14.3. The van der Waals surface area contributed by atoms with Crippen molar-refractivity contribution >= 4 is 29.0 Å². The van der Waals surface area contributed by atoms with Crippen molar-refractivity contribution in [2.45, 2.75) is 19.8 Å². The zero-order chi connectivity index (χ0) is 18.4. The summed E-state index contributed by atoms with van der Waals surface area (Å²) in [4.78, 5) is 34.1. The first-order chi connectivity index (χ1) is 11.9. The fraction of sp³-hybridized carbons (Fsp3) is 0.222. The molecule has 0 aliphatic heterocycles. The lowest BCUT2D eigenvalue weighted by molar-refractivity contribution is -0.384. The topological polar surface area (TPSA) is 86.5 Å². The molecule has 0 atom stereocenters. The summed E-state index contributed by atoms with van der Waals surface area (Å²) < 4.78 is 4.96. The molecule has 0 aliphatic rings. The molecule has 2 aromatic carbocycles. The molecule has 0 heterocycles. The van der Waals surface area contributed by atoms with Gasteiger partial charge in [0, 0.05) is 17.7 Å². The average molecular weight is 362 g/mol. The molecule has 0 amide bonds. The lowest BCUT2D eigenvalue weighted by Crippen LogP contribution is -2.14. The Balaban J connectivity index is 1.99. The van der Waals surface area contributed by atoms with Crippen molar-refractivity contribution in [2.75, 3.05) is 6.61 Å². The first-order valence-electron chi connectivity index (χ1n) is 7.65. The van der Waals surface area contributed by atoms with Gasteiger partial charge in [-0.25, -0.2) is 4.79 Å². The molecule has 0 bridgehead atoms. The smallest absolute Gasteiger partial charge is 0.340 e. The van der Waals surface area contributed by atoms with Crippen LogP contribution in [0.5, 0.6) is 0 Å². The molecule has 0 saturated heterocycles. The summed E-state index contributed by atoms with van der Waals surface area (Å²) in [6, 6.07) is 10.5. The highest BCUT2D eigenvalue weighted by molar-refractivity contribution is 6.33. The van der Waals surface area contributed by atoms with Crippen molar-refractivity contribution in [3.05, 3.63) is 74.3 Å². The SMILES string of the molecule is CCCc1ccc(C(=O)COC(=O)c2ccc([N+](=O)[O-])cc2Cl)cc1. The predicted molar refractivity (Wildman–Crippen MR) is 93.2 cm³/mol. The molecule has 7 heteroatoms. The third-order valence-electron chi connectivity index (χ3n) is 3.53. The average Bonchev–Trinajstić information content (AvgIpc) is 2.60. The van der Waals surface area contributed by atoms with Gasteiger partial charge in [0.15, 0.2) is 12.4 Å². The van der Waals surface area contributed by atoms with Crippen molar-refractivity contribution in [2.24, 2.45) is 0 Å². The Morgan fingerprint density at radius 1 is 1.16 bits per heavy atom. The van der Waals surface area contributed by atoms with Gasteiger partial charge in [-0.15, -0.1) is 0 Å². The molecule has 2 aromatic rings. The first kappa shape index (κ1) is 18.6. The number of nitro groups is 1. The number of nitro benzene ring substituents is 1. The predicted octanol–water partition coefficient (Wildman–Crippen LogP) is 4.24. The molecule has 6 nitrogen and oxygen atoms in total. The minimum Gasteiger partial charge on any atom is -0.454 e. The lowest BCUT2D eigenvalue weighted by Gasteiger charge is -2.06. The highest BCUT2D eigenvalue weighted by Gasteiger charge is 2.17. The van der Waals surface area contributed by atoms with Gasteiger partial charge in [0.1, 0.15) is 0 Å². The van der Waals surface area contributed by atoms with Gasteiger partial charge in [-0.1, -0.05) is 49.2 Å². The van der Waals surface area contributed by atoms with Crippen LogP contribution in [-0.4, -0.2) is 23.3 Å². The third-order valence-corrected chi connectivity index (χ3v) is 3.85. The third kappa shape index (κ3) is 4.87. The number of non-ortho nitro benzene ring substituents is 1. The van der Waals surface area contributed by atoms with Crippen molar-refractivity contribution < 1.29 is 19.2 Å². The van der Waals surface area contributed by atoms with Crippen LogP contribution in [0.4, 0.5) is 5.69 Å². The van der Waals surface area contributed by atoms with Gasteiger partial charge in [0.05, 0.1) is 15.5 Å². The molecular weight excluding hydrogens is 346 g/mol. The number of nitrogens with zero attached hydrogens (tertiary/aromatic N) is 1. The Kier molecular flexibility index (Phi) is 6.25. The molecule has 2 rings (SSSR count). The summed E-state index contributed by atoms with van der Waals surface area (Å²) in [5.41, 5.74) is 1.32. The minimum absolute atomic E-state index is 0.0293. The van der Waals surface area contributed by atoms with E-state index in [-0.39, 0.29) is 22.1 Å². The fourth-order valence-electron chi connectivity index (χ4n) is 2.22. The molecule has 0 fully saturated rings. The van der Waals surface area contributed by atoms with Crippen LogP contribution in [0.1, 0.15) is 39.6 Å². The summed E-state index contributed by atoms with van der Waals surface area (Å²) in [5, 5.41) is 10.6. The number of hydrogen-bond donors (Lipinski definition) is 0. The maximum atomic E-state index is 12.1. The van der Waals surface area contributed by atoms with Crippen LogP contribution in [0.3, 0.4) is 0 Å². The van der Waals surface area contributed by atoms with Crippen molar-refractivity contribution in [3.63, 3.8) is 0 Å². The first-order valence-corrected chi connectivity index (χ1v) is 8.03. The van der Waals surface area contributed by atoms with Gasteiger partial charge in [-0.05, 0) is 18.1 Å². The van der Waals surface area contributed by atoms with E-state index in [0.717, 1.165) is 30.5 Å². The number of ketones is 1. The van der Waals surface area contributed by atoms with Crippen LogP contribution >= 0.6 is 11.6 Å². The van der Waals surface area contributed by atoms with E-state index in [1.807, 2.05) is 12.1 Å². The highest BCUT2D eigenvalue weighted by Crippen LogP contribution is 2.23. The van der Waals surface area contributed by atoms with Crippen LogP contribution in [0.15, 0.2) is 42.5 Å². The summed E-state index contributed by atoms with van der Waals surface area (Å²) >= 11 is 5.86. The van der Waals surface area contributed by atoms with E-state index in [2.05, 4.69) is 6.92 Å². The van der Waals surface area contributed by atoms with Crippen LogP contribution in [0.25, 0.3) is 0 Å². The second-order valence-electron chi connectivity index (χ2n) is 5.37. The number of Topliss-reactive ketones (excluding diaryl/α,β-unsaturated/α-hetero) is 1. The van der Waals surface area contributed by atoms with E-state index in [1.165, 1.54) is 6.07 Å². The number of halogens is 1. The molecule has 0 N–H and O–H groups in total. The molecular formula is C18H16ClNO5. The second-order valence-corrected chi connectivity index (χ2v) is 5.77. The number of benzene rings is 2. The van der Waals surface area contributed by atoms with Crippen molar-refractivity contribution in [3.8, 4) is 0 Å². The molecule has 0 spiro atoms. The number of esters is 1. The molecule has 130 valence electrons. The largest absolute Gasteiger partial charge is 0.454 e. The number of aryl methyl sites for hydroxylation is 1. The van der Waals surface area contributed by atoms with E-state index < -0.39 is 17.5 Å². The van der Waals surface area contributed by atoms with E-state index in [0.29, 0.717) is 5.56 Å². The Morgan fingerprint density at radius 3 is 2.40 bits per heavy atom. The second kappa shape index (κ2) is 8.39. The monoisotopic (exact) mass is 361 g/mol. The molecule has 0 aromatic heterocycles. The maximum absolute atomic E-state index is 12.1. The number of carbonyl (C=O) groups excluding carboxylic acids is 2. The molecule has 25 heavy (non-hydrogen) atoms. The Hall–Kier alpha value is -2.73. The number of hydrogen-bond acceptors (Lipinski definition) is 5. The van der Waals surface area contributed by atoms with Crippen molar-refractivity contribution in [1.29, 1.82) is 0 Å². The number of ether oxygens (including phenoxy) is 1. The molecule has 0 saturated carbocycles. The molecule has 0 radical (unpaired) electrons. The van der Waals surface area contributed by atoms with Gasteiger partial charge >= 0.3 is 5.97 Å². The molecule has 0 unspecified atom stereocenters. The van der Waals surface area contributed by atoms with Gasteiger partial charge in [0.25, 0.3) is 5.69 Å². The maximum Gasteiger partial charge on any atom is 0.340 e. The van der Waals surface area contributed by atoms with E-state index in [1.54, 1.807) is 12.1 Å². The van der Waals surface area contributed by atoms with E-state index in [9.17, 15) is 19.7 Å².